The monoisotopic (exact) mass is 484 g/mol. The van der Waals surface area contributed by atoms with Gasteiger partial charge in [0.15, 0.2) is 0 Å². The molecule has 0 aromatic heterocycles. The number of non-ortho nitro benzene ring substituents is 1. The molecule has 34 heavy (non-hydrogen) atoms. The van der Waals surface area contributed by atoms with Gasteiger partial charge in [0.05, 0.1) is 22.6 Å². The third-order valence-corrected chi connectivity index (χ3v) is 5.83. The highest BCUT2D eigenvalue weighted by molar-refractivity contribution is 7.92. The number of ether oxygens (including phenoxy) is 1. The summed E-state index contributed by atoms with van der Waals surface area (Å²) in [5.74, 6) is -0.296. The highest BCUT2D eigenvalue weighted by Crippen LogP contribution is 2.22. The maximum absolute atomic E-state index is 12.5. The zero-order valence-electron chi connectivity index (χ0n) is 17.8. The van der Waals surface area contributed by atoms with E-state index in [-0.39, 0.29) is 33.1 Å². The number of sulfonamides is 1. The number of hydrogen-bond acceptors (Lipinski definition) is 8. The molecule has 0 aliphatic rings. The predicted octanol–water partition coefficient (Wildman–Crippen LogP) is 3.26. The van der Waals surface area contributed by atoms with Crippen molar-refractivity contribution in [2.24, 2.45) is 5.10 Å². The van der Waals surface area contributed by atoms with Gasteiger partial charge in [-0.2, -0.15) is 5.10 Å². The van der Waals surface area contributed by atoms with Gasteiger partial charge in [-0.05, 0) is 61.5 Å². The molecule has 0 atom stereocenters. The first kappa shape index (κ1) is 24.2. The number of carbonyl (C=O) groups is 1. The Labute approximate surface area is 194 Å². The molecule has 3 rings (SSSR count). The first-order valence-corrected chi connectivity index (χ1v) is 11.3. The van der Waals surface area contributed by atoms with Crippen LogP contribution in [0.4, 0.5) is 11.4 Å². The number of nitrogens with zero attached hydrogens (tertiary/aromatic N) is 2. The number of benzene rings is 3. The highest BCUT2D eigenvalue weighted by Gasteiger charge is 2.15. The molecule has 176 valence electrons. The van der Waals surface area contributed by atoms with Crippen molar-refractivity contribution in [3.63, 3.8) is 0 Å². The number of hydrogen-bond donors (Lipinski definition) is 3. The quantitative estimate of drug-likeness (QED) is 0.239. The normalized spacial score (nSPS) is 11.2. The van der Waals surface area contributed by atoms with Gasteiger partial charge in [-0.3, -0.25) is 19.6 Å². The average molecular weight is 484 g/mol. The maximum atomic E-state index is 12.5. The second-order valence-electron chi connectivity index (χ2n) is 6.79. The Bertz CT molecular complexity index is 1320. The van der Waals surface area contributed by atoms with Crippen LogP contribution in [-0.4, -0.2) is 37.2 Å². The molecule has 0 unspecified atom stereocenters. The molecule has 12 heteroatoms. The van der Waals surface area contributed by atoms with Crippen molar-refractivity contribution in [3.8, 4) is 11.5 Å². The Balaban J connectivity index is 1.63. The van der Waals surface area contributed by atoms with E-state index in [1.54, 1.807) is 12.1 Å². The number of nitro groups is 1. The molecule has 3 aromatic rings. The molecule has 0 fully saturated rings. The molecule has 3 aromatic carbocycles. The number of amides is 1. The van der Waals surface area contributed by atoms with Crippen LogP contribution in [0.15, 0.2) is 76.7 Å². The smallest absolute Gasteiger partial charge is 0.271 e. The Kier molecular flexibility index (Phi) is 7.43. The number of phenols is 1. The average Bonchev–Trinajstić information content (AvgIpc) is 2.81. The lowest BCUT2D eigenvalue weighted by Crippen LogP contribution is -2.18. The minimum Gasteiger partial charge on any atom is -0.507 e. The number of aromatic hydroxyl groups is 1. The summed E-state index contributed by atoms with van der Waals surface area (Å²) in [4.78, 5) is 22.5. The van der Waals surface area contributed by atoms with Gasteiger partial charge in [0.25, 0.3) is 21.6 Å². The van der Waals surface area contributed by atoms with E-state index in [0.717, 1.165) is 24.4 Å². The van der Waals surface area contributed by atoms with Crippen molar-refractivity contribution in [2.45, 2.75) is 11.8 Å². The van der Waals surface area contributed by atoms with E-state index in [0.29, 0.717) is 12.4 Å². The van der Waals surface area contributed by atoms with Crippen molar-refractivity contribution in [1.82, 2.24) is 5.43 Å². The minimum absolute atomic E-state index is 0.0496. The van der Waals surface area contributed by atoms with E-state index in [4.69, 9.17) is 4.74 Å². The third-order valence-electron chi connectivity index (χ3n) is 4.44. The fourth-order valence-corrected chi connectivity index (χ4v) is 3.83. The van der Waals surface area contributed by atoms with Gasteiger partial charge in [0.2, 0.25) is 0 Å². The number of rotatable bonds is 9. The molecule has 1 amide bonds. The molecule has 0 radical (unpaired) electrons. The van der Waals surface area contributed by atoms with E-state index >= 15 is 0 Å². The van der Waals surface area contributed by atoms with Crippen LogP contribution in [-0.2, 0) is 10.0 Å². The van der Waals surface area contributed by atoms with Gasteiger partial charge >= 0.3 is 0 Å². The standard InChI is InChI=1S/C22H20N4O7S/c1-2-33-19-8-10-20(11-9-19)34(31,32)25-17-5-3-15(4-6-17)22(28)24-23-14-16-13-18(26(29)30)7-12-21(16)27/h3-14,25,27H,2H2,1H3,(H,24,28)/b23-14+. The lowest BCUT2D eigenvalue weighted by atomic mass is 10.2. The van der Waals surface area contributed by atoms with Gasteiger partial charge < -0.3 is 9.84 Å². The maximum Gasteiger partial charge on any atom is 0.271 e. The summed E-state index contributed by atoms with van der Waals surface area (Å²) >= 11 is 0. The van der Waals surface area contributed by atoms with Crippen molar-refractivity contribution in [3.05, 3.63) is 88.0 Å². The third kappa shape index (κ3) is 6.07. The molecule has 3 N–H and O–H groups in total. The Morgan fingerprint density at radius 3 is 2.41 bits per heavy atom. The van der Waals surface area contributed by atoms with Crippen LogP contribution in [0.3, 0.4) is 0 Å². The number of anilines is 1. The van der Waals surface area contributed by atoms with E-state index in [2.05, 4.69) is 15.2 Å². The van der Waals surface area contributed by atoms with Crippen molar-refractivity contribution >= 4 is 33.5 Å². The minimum atomic E-state index is -3.84. The van der Waals surface area contributed by atoms with E-state index < -0.39 is 20.9 Å². The van der Waals surface area contributed by atoms with Crippen LogP contribution >= 0.6 is 0 Å². The number of nitro benzene ring substituents is 1. The van der Waals surface area contributed by atoms with Crippen LogP contribution in [0.1, 0.15) is 22.8 Å². The summed E-state index contributed by atoms with van der Waals surface area (Å²) in [5.41, 5.74) is 2.47. The molecule has 0 spiro atoms. The van der Waals surface area contributed by atoms with E-state index in [1.165, 1.54) is 36.4 Å². The van der Waals surface area contributed by atoms with Crippen LogP contribution < -0.4 is 14.9 Å². The second kappa shape index (κ2) is 10.4. The molecule has 0 saturated carbocycles. The summed E-state index contributed by atoms with van der Waals surface area (Å²) in [7, 11) is -3.84. The van der Waals surface area contributed by atoms with Gasteiger partial charge in [0, 0.05) is 28.9 Å². The number of nitrogens with one attached hydrogen (secondary N) is 2. The van der Waals surface area contributed by atoms with E-state index in [1.807, 2.05) is 6.92 Å². The zero-order valence-corrected chi connectivity index (χ0v) is 18.7. The summed E-state index contributed by atoms with van der Waals surface area (Å²) in [6.45, 7) is 2.29. The predicted molar refractivity (Wildman–Crippen MR) is 125 cm³/mol. The van der Waals surface area contributed by atoms with Gasteiger partial charge in [-0.15, -0.1) is 0 Å². The number of carbonyl (C=O) groups excluding carboxylic acids is 1. The Morgan fingerprint density at radius 1 is 1.12 bits per heavy atom. The molecular weight excluding hydrogens is 464 g/mol. The van der Waals surface area contributed by atoms with Crippen LogP contribution in [0.5, 0.6) is 11.5 Å². The van der Waals surface area contributed by atoms with Crippen LogP contribution in [0, 0.1) is 10.1 Å². The fourth-order valence-electron chi connectivity index (χ4n) is 2.77. The molecular formula is C22H20N4O7S. The van der Waals surface area contributed by atoms with Gasteiger partial charge in [-0.1, -0.05) is 0 Å². The fraction of sp³-hybridized carbons (Fsp3) is 0.0909. The SMILES string of the molecule is CCOc1ccc(S(=O)(=O)Nc2ccc(C(=O)N/N=C/c3cc([N+](=O)[O-])ccc3O)cc2)cc1. The zero-order chi connectivity index (χ0) is 24.7. The molecule has 11 nitrogen and oxygen atoms in total. The van der Waals surface area contributed by atoms with Crippen molar-refractivity contribution in [2.75, 3.05) is 11.3 Å². The topological polar surface area (TPSA) is 160 Å². The lowest BCUT2D eigenvalue weighted by Gasteiger charge is -2.09. The van der Waals surface area contributed by atoms with Crippen LogP contribution in [0.2, 0.25) is 0 Å². The molecule has 0 aliphatic carbocycles. The number of phenolic OH excluding ortho intramolecular Hbond substituents is 1. The summed E-state index contributed by atoms with van der Waals surface area (Å²) in [5, 5.41) is 24.3. The van der Waals surface area contributed by atoms with Gasteiger partial charge in [0.1, 0.15) is 11.5 Å². The number of hydrazone groups is 1. The molecule has 0 bridgehead atoms. The first-order valence-electron chi connectivity index (χ1n) is 9.86. The van der Waals surface area contributed by atoms with Gasteiger partial charge in [-0.25, -0.2) is 13.8 Å². The van der Waals surface area contributed by atoms with Crippen molar-refractivity contribution in [1.29, 1.82) is 0 Å². The van der Waals surface area contributed by atoms with Crippen LogP contribution in [0.25, 0.3) is 0 Å². The lowest BCUT2D eigenvalue weighted by molar-refractivity contribution is -0.384. The Morgan fingerprint density at radius 2 is 1.79 bits per heavy atom. The molecule has 0 heterocycles. The Hall–Kier alpha value is -4.45. The van der Waals surface area contributed by atoms with E-state index in [9.17, 15) is 28.4 Å². The molecule has 0 aliphatic heterocycles. The second-order valence-corrected chi connectivity index (χ2v) is 8.47. The largest absolute Gasteiger partial charge is 0.507 e. The summed E-state index contributed by atoms with van der Waals surface area (Å²) in [6, 6.07) is 15.0. The molecule has 0 saturated heterocycles. The summed E-state index contributed by atoms with van der Waals surface area (Å²) < 4.78 is 32.8. The first-order chi connectivity index (χ1) is 16.2. The highest BCUT2D eigenvalue weighted by atomic mass is 32.2. The summed E-state index contributed by atoms with van der Waals surface area (Å²) in [6.07, 6.45) is 1.07. The van der Waals surface area contributed by atoms with Crippen molar-refractivity contribution < 1.29 is 28.0 Å².